The predicted molar refractivity (Wildman–Crippen MR) is 134 cm³/mol. The van der Waals surface area contributed by atoms with Gasteiger partial charge in [0.25, 0.3) is 0 Å². The Labute approximate surface area is 196 Å². The fraction of sp³-hybridized carbons (Fsp3) is 0.391. The lowest BCUT2D eigenvalue weighted by Crippen LogP contribution is -2.41. The Morgan fingerprint density at radius 1 is 0.967 bits per heavy atom. The number of hydrogen-bond donors (Lipinski definition) is 3. The highest BCUT2D eigenvalue weighted by Crippen LogP contribution is 2.13. The van der Waals surface area contributed by atoms with Crippen LogP contribution in [0.4, 0.5) is 5.69 Å². The number of guanidine groups is 1. The van der Waals surface area contributed by atoms with Crippen molar-refractivity contribution in [2.75, 3.05) is 31.5 Å². The van der Waals surface area contributed by atoms with Gasteiger partial charge in [-0.3, -0.25) is 9.69 Å². The normalized spacial score (nSPS) is 14.1. The molecule has 0 spiro atoms. The quantitative estimate of drug-likeness (QED) is 0.282. The summed E-state index contributed by atoms with van der Waals surface area (Å²) in [5.41, 5.74) is 3.29. The van der Waals surface area contributed by atoms with Crippen LogP contribution in [0.15, 0.2) is 59.6 Å². The first-order valence-corrected chi connectivity index (χ1v) is 10.4. The van der Waals surface area contributed by atoms with Crippen LogP contribution in [0.2, 0.25) is 0 Å². The molecule has 1 aliphatic rings. The summed E-state index contributed by atoms with van der Waals surface area (Å²) in [6.45, 7) is 6.93. The number of nitrogens with one attached hydrogen (secondary N) is 3. The number of benzene rings is 2. The average molecular weight is 521 g/mol. The minimum absolute atomic E-state index is 0. The number of halogens is 1. The number of para-hydroxylation sites is 1. The summed E-state index contributed by atoms with van der Waals surface area (Å²) in [7, 11) is 0. The second-order valence-corrected chi connectivity index (χ2v) is 7.26. The van der Waals surface area contributed by atoms with Crippen LogP contribution in [0.3, 0.4) is 0 Å². The Kier molecular flexibility index (Phi) is 10.6. The third-order valence-corrected chi connectivity index (χ3v) is 4.87. The summed E-state index contributed by atoms with van der Waals surface area (Å²) in [4.78, 5) is 19.2. The first-order chi connectivity index (χ1) is 14.2. The van der Waals surface area contributed by atoms with Gasteiger partial charge in [0.2, 0.25) is 5.91 Å². The zero-order chi connectivity index (χ0) is 20.3. The summed E-state index contributed by atoms with van der Waals surface area (Å²) < 4.78 is 0. The summed E-state index contributed by atoms with van der Waals surface area (Å²) in [5.74, 6) is 0.532. The van der Waals surface area contributed by atoms with Crippen molar-refractivity contribution in [2.45, 2.75) is 32.9 Å². The Morgan fingerprint density at radius 3 is 2.30 bits per heavy atom. The predicted octanol–water partition coefficient (Wildman–Crippen LogP) is 3.59. The second kappa shape index (κ2) is 13.2. The molecule has 1 aliphatic heterocycles. The topological polar surface area (TPSA) is 68.8 Å². The van der Waals surface area contributed by atoms with Gasteiger partial charge in [-0.05, 0) is 56.1 Å². The molecule has 1 saturated heterocycles. The number of amides is 1. The highest BCUT2D eigenvalue weighted by molar-refractivity contribution is 14.0. The van der Waals surface area contributed by atoms with Crippen LogP contribution in [-0.4, -0.2) is 42.9 Å². The van der Waals surface area contributed by atoms with Gasteiger partial charge < -0.3 is 16.0 Å². The summed E-state index contributed by atoms with van der Waals surface area (Å²) in [6.07, 6.45) is 2.63. The van der Waals surface area contributed by atoms with Crippen molar-refractivity contribution in [1.29, 1.82) is 0 Å². The summed E-state index contributed by atoms with van der Waals surface area (Å²) in [5, 5.41) is 9.14. The third-order valence-electron chi connectivity index (χ3n) is 4.87. The second-order valence-electron chi connectivity index (χ2n) is 7.26. The molecule has 0 unspecified atom stereocenters. The maximum Gasteiger partial charge on any atom is 0.243 e. The van der Waals surface area contributed by atoms with E-state index in [2.05, 4.69) is 50.1 Å². The SMILES string of the molecule is CCNC(=NCc1ccc(CN2CCCC2)cc1)NCC(=O)Nc1ccccc1.I. The van der Waals surface area contributed by atoms with Crippen LogP contribution in [0.1, 0.15) is 30.9 Å². The molecule has 2 aromatic rings. The van der Waals surface area contributed by atoms with Crippen LogP contribution in [0.5, 0.6) is 0 Å². The summed E-state index contributed by atoms with van der Waals surface area (Å²) in [6, 6.07) is 18.1. The van der Waals surface area contributed by atoms with Crippen molar-refractivity contribution in [1.82, 2.24) is 15.5 Å². The van der Waals surface area contributed by atoms with E-state index in [0.717, 1.165) is 24.3 Å². The highest BCUT2D eigenvalue weighted by atomic mass is 127. The molecule has 162 valence electrons. The zero-order valence-electron chi connectivity index (χ0n) is 17.6. The lowest BCUT2D eigenvalue weighted by atomic mass is 10.1. The van der Waals surface area contributed by atoms with Gasteiger partial charge in [-0.2, -0.15) is 0 Å². The van der Waals surface area contributed by atoms with Crippen molar-refractivity contribution in [3.8, 4) is 0 Å². The minimum atomic E-state index is -0.104. The molecular weight excluding hydrogens is 489 g/mol. The molecule has 0 bridgehead atoms. The van der Waals surface area contributed by atoms with E-state index in [4.69, 9.17) is 0 Å². The molecule has 2 aromatic carbocycles. The number of rotatable bonds is 8. The molecular formula is C23H32IN5O. The monoisotopic (exact) mass is 521 g/mol. The molecule has 0 saturated carbocycles. The van der Waals surface area contributed by atoms with E-state index < -0.39 is 0 Å². The van der Waals surface area contributed by atoms with Gasteiger partial charge in [0.1, 0.15) is 0 Å². The maximum absolute atomic E-state index is 12.1. The van der Waals surface area contributed by atoms with Gasteiger partial charge >= 0.3 is 0 Å². The van der Waals surface area contributed by atoms with E-state index in [9.17, 15) is 4.79 Å². The van der Waals surface area contributed by atoms with Crippen LogP contribution < -0.4 is 16.0 Å². The van der Waals surface area contributed by atoms with Gasteiger partial charge in [0, 0.05) is 18.8 Å². The minimum Gasteiger partial charge on any atom is -0.357 e. The Morgan fingerprint density at radius 2 is 1.63 bits per heavy atom. The van der Waals surface area contributed by atoms with E-state index in [1.807, 2.05) is 37.3 Å². The number of carbonyl (C=O) groups is 1. The molecule has 0 aromatic heterocycles. The number of aliphatic imine (C=N–C) groups is 1. The first-order valence-electron chi connectivity index (χ1n) is 10.4. The van der Waals surface area contributed by atoms with Crippen molar-refractivity contribution in [3.63, 3.8) is 0 Å². The smallest absolute Gasteiger partial charge is 0.243 e. The number of likely N-dealkylation sites (tertiary alicyclic amines) is 1. The Bertz CT molecular complexity index is 789. The highest BCUT2D eigenvalue weighted by Gasteiger charge is 2.11. The molecule has 1 fully saturated rings. The Hall–Kier alpha value is -2.13. The van der Waals surface area contributed by atoms with Gasteiger partial charge in [-0.15, -0.1) is 24.0 Å². The van der Waals surface area contributed by atoms with Crippen LogP contribution in [0.25, 0.3) is 0 Å². The number of nitrogens with zero attached hydrogens (tertiary/aromatic N) is 2. The van der Waals surface area contributed by atoms with Gasteiger partial charge in [-0.25, -0.2) is 4.99 Å². The average Bonchev–Trinajstić information content (AvgIpc) is 3.25. The molecule has 0 aliphatic carbocycles. The van der Waals surface area contributed by atoms with Crippen molar-refractivity contribution < 1.29 is 4.79 Å². The van der Waals surface area contributed by atoms with E-state index in [1.165, 1.54) is 31.5 Å². The standard InChI is InChI=1S/C23H31N5O.HI/c1-2-24-23(26-17-22(29)27-21-8-4-3-5-9-21)25-16-19-10-12-20(13-11-19)18-28-14-6-7-15-28;/h3-5,8-13H,2,6-7,14-18H2,1H3,(H,27,29)(H2,24,25,26);1H. The van der Waals surface area contributed by atoms with Crippen molar-refractivity contribution in [2.24, 2.45) is 4.99 Å². The zero-order valence-corrected chi connectivity index (χ0v) is 19.9. The Balaban J connectivity index is 0.00000320. The van der Waals surface area contributed by atoms with Crippen molar-refractivity contribution in [3.05, 3.63) is 65.7 Å². The fourth-order valence-electron chi connectivity index (χ4n) is 3.35. The number of anilines is 1. The van der Waals surface area contributed by atoms with E-state index in [1.54, 1.807) is 0 Å². The number of carbonyl (C=O) groups excluding carboxylic acids is 1. The molecule has 0 radical (unpaired) electrons. The van der Waals surface area contributed by atoms with E-state index >= 15 is 0 Å². The number of hydrogen-bond acceptors (Lipinski definition) is 3. The third kappa shape index (κ3) is 8.31. The lowest BCUT2D eigenvalue weighted by molar-refractivity contribution is -0.115. The van der Waals surface area contributed by atoms with Crippen LogP contribution in [-0.2, 0) is 17.9 Å². The lowest BCUT2D eigenvalue weighted by Gasteiger charge is -2.14. The van der Waals surface area contributed by atoms with Crippen LogP contribution in [0, 0.1) is 0 Å². The van der Waals surface area contributed by atoms with Gasteiger partial charge in [0.15, 0.2) is 5.96 Å². The van der Waals surface area contributed by atoms with E-state index in [-0.39, 0.29) is 36.4 Å². The maximum atomic E-state index is 12.1. The molecule has 1 heterocycles. The fourth-order valence-corrected chi connectivity index (χ4v) is 3.35. The first kappa shape index (κ1) is 24.1. The molecule has 3 rings (SSSR count). The van der Waals surface area contributed by atoms with Crippen molar-refractivity contribution >= 4 is 41.5 Å². The molecule has 30 heavy (non-hydrogen) atoms. The molecule has 0 atom stereocenters. The molecule has 7 heteroatoms. The van der Waals surface area contributed by atoms with E-state index in [0.29, 0.717) is 12.5 Å². The summed E-state index contributed by atoms with van der Waals surface area (Å²) >= 11 is 0. The molecule has 6 nitrogen and oxygen atoms in total. The van der Waals surface area contributed by atoms with Gasteiger partial charge in [0.05, 0.1) is 13.1 Å². The largest absolute Gasteiger partial charge is 0.357 e. The molecule has 3 N–H and O–H groups in total. The van der Waals surface area contributed by atoms with Gasteiger partial charge in [-0.1, -0.05) is 42.5 Å². The van der Waals surface area contributed by atoms with Crippen LogP contribution >= 0.6 is 24.0 Å². The molecule has 1 amide bonds.